The molecule has 2 rings (SSSR count). The predicted molar refractivity (Wildman–Crippen MR) is 91.2 cm³/mol. The molecule has 0 saturated carbocycles. The zero-order chi connectivity index (χ0) is 17.6. The van der Waals surface area contributed by atoms with Crippen LogP contribution in [0.15, 0.2) is 24.3 Å². The summed E-state index contributed by atoms with van der Waals surface area (Å²) >= 11 is 0. The van der Waals surface area contributed by atoms with Crippen LogP contribution in [0.1, 0.15) is 12.8 Å². The summed E-state index contributed by atoms with van der Waals surface area (Å²) in [4.78, 5) is 12.5. The van der Waals surface area contributed by atoms with Gasteiger partial charge >= 0.3 is 0 Å². The number of amides is 1. The number of ether oxygens (including phenoxy) is 2. The average molecular weight is 356 g/mol. The van der Waals surface area contributed by atoms with Gasteiger partial charge in [-0.2, -0.15) is 0 Å². The van der Waals surface area contributed by atoms with Crippen molar-refractivity contribution in [3.63, 3.8) is 0 Å². The predicted octanol–water partition coefficient (Wildman–Crippen LogP) is 0.357. The average Bonchev–Trinajstić information content (AvgIpc) is 2.58. The van der Waals surface area contributed by atoms with Crippen LogP contribution in [-0.4, -0.2) is 58.7 Å². The molecule has 1 aliphatic rings. The number of piperidine rings is 1. The Balaban J connectivity index is 1.87. The normalized spacial score (nSPS) is 17.1. The van der Waals surface area contributed by atoms with Gasteiger partial charge in [-0.25, -0.2) is 8.42 Å². The summed E-state index contributed by atoms with van der Waals surface area (Å²) in [7, 11) is -1.90. The monoisotopic (exact) mass is 356 g/mol. The number of benzene rings is 1. The van der Waals surface area contributed by atoms with Crippen molar-refractivity contribution in [3.8, 4) is 11.5 Å². The Hall–Kier alpha value is -1.80. The van der Waals surface area contributed by atoms with Crippen molar-refractivity contribution in [3.05, 3.63) is 24.3 Å². The molecule has 24 heavy (non-hydrogen) atoms. The highest BCUT2D eigenvalue weighted by atomic mass is 32.2. The van der Waals surface area contributed by atoms with E-state index < -0.39 is 20.5 Å². The second-order valence-corrected chi connectivity index (χ2v) is 8.12. The van der Waals surface area contributed by atoms with Crippen molar-refractivity contribution in [2.75, 3.05) is 39.6 Å². The lowest BCUT2D eigenvalue weighted by Gasteiger charge is -2.34. The van der Waals surface area contributed by atoms with E-state index in [-0.39, 0.29) is 26.0 Å². The van der Waals surface area contributed by atoms with Gasteiger partial charge in [0.2, 0.25) is 5.91 Å². The number of methoxy groups -OCH3 is 1. The number of hydrogen-bond acceptors (Lipinski definition) is 6. The van der Waals surface area contributed by atoms with Crippen LogP contribution in [0, 0.1) is 0 Å². The van der Waals surface area contributed by atoms with Crippen LogP contribution >= 0.6 is 0 Å². The van der Waals surface area contributed by atoms with E-state index in [1.807, 2.05) is 0 Å². The molecule has 1 saturated heterocycles. The standard InChI is InChI=1S/C16H24N2O5S/c1-22-13-3-5-14(6-4-13)23-12-11-18-15(19)16(24(2,20)21)7-9-17-10-8-16/h3-6,17H,7-12H2,1-2H3,(H,18,19). The van der Waals surface area contributed by atoms with Gasteiger partial charge in [0.05, 0.1) is 13.7 Å². The second kappa shape index (κ2) is 7.85. The first-order valence-electron chi connectivity index (χ1n) is 7.84. The fourth-order valence-corrected chi connectivity index (χ4v) is 4.12. The zero-order valence-corrected chi connectivity index (χ0v) is 14.8. The number of carbonyl (C=O) groups is 1. The van der Waals surface area contributed by atoms with Crippen molar-refractivity contribution in [2.24, 2.45) is 0 Å². The third-order valence-corrected chi connectivity index (χ3v) is 6.26. The molecule has 7 nitrogen and oxygen atoms in total. The molecule has 1 fully saturated rings. The van der Waals surface area contributed by atoms with Gasteiger partial charge in [-0.05, 0) is 50.2 Å². The first kappa shape index (κ1) is 18.5. The minimum atomic E-state index is -3.49. The van der Waals surface area contributed by atoms with Gasteiger partial charge in [-0.3, -0.25) is 4.79 Å². The van der Waals surface area contributed by atoms with Crippen LogP contribution in [-0.2, 0) is 14.6 Å². The Labute approximate surface area is 142 Å². The highest BCUT2D eigenvalue weighted by Gasteiger charge is 2.48. The first-order chi connectivity index (χ1) is 11.4. The molecule has 0 radical (unpaired) electrons. The molecule has 1 heterocycles. The molecule has 0 bridgehead atoms. The van der Waals surface area contributed by atoms with Crippen LogP contribution in [0.3, 0.4) is 0 Å². The van der Waals surface area contributed by atoms with Gasteiger partial charge < -0.3 is 20.1 Å². The summed E-state index contributed by atoms with van der Waals surface area (Å²) < 4.78 is 33.5. The molecular weight excluding hydrogens is 332 g/mol. The first-order valence-corrected chi connectivity index (χ1v) is 9.74. The quantitative estimate of drug-likeness (QED) is 0.685. The van der Waals surface area contributed by atoms with E-state index in [1.165, 1.54) is 0 Å². The third kappa shape index (κ3) is 4.18. The second-order valence-electron chi connectivity index (χ2n) is 5.80. The number of carbonyl (C=O) groups excluding carboxylic acids is 1. The van der Waals surface area contributed by atoms with Crippen molar-refractivity contribution >= 4 is 15.7 Å². The van der Waals surface area contributed by atoms with E-state index in [2.05, 4.69) is 10.6 Å². The molecule has 2 N–H and O–H groups in total. The molecule has 0 unspecified atom stereocenters. The lowest BCUT2D eigenvalue weighted by atomic mass is 9.96. The summed E-state index contributed by atoms with van der Waals surface area (Å²) in [6.45, 7) is 1.54. The van der Waals surface area contributed by atoms with Gasteiger partial charge in [0.15, 0.2) is 14.6 Å². The smallest absolute Gasteiger partial charge is 0.241 e. The molecule has 1 aliphatic heterocycles. The van der Waals surface area contributed by atoms with Gasteiger partial charge in [0, 0.05) is 6.26 Å². The Morgan fingerprint density at radius 1 is 1.21 bits per heavy atom. The van der Waals surface area contributed by atoms with Crippen LogP contribution in [0.4, 0.5) is 0 Å². The Bertz CT molecular complexity index is 652. The third-order valence-electron chi connectivity index (χ3n) is 4.25. The topological polar surface area (TPSA) is 93.7 Å². The number of hydrogen-bond donors (Lipinski definition) is 2. The van der Waals surface area contributed by atoms with Gasteiger partial charge in [0.1, 0.15) is 18.1 Å². The fraction of sp³-hybridized carbons (Fsp3) is 0.562. The van der Waals surface area contributed by atoms with Crippen molar-refractivity contribution in [2.45, 2.75) is 17.6 Å². The van der Waals surface area contributed by atoms with Crippen molar-refractivity contribution in [1.29, 1.82) is 0 Å². The van der Waals surface area contributed by atoms with E-state index in [1.54, 1.807) is 31.4 Å². The van der Waals surface area contributed by atoms with Crippen LogP contribution in [0.5, 0.6) is 11.5 Å². The zero-order valence-electron chi connectivity index (χ0n) is 14.0. The Morgan fingerprint density at radius 2 is 1.79 bits per heavy atom. The van der Waals surface area contributed by atoms with Crippen molar-refractivity contribution < 1.29 is 22.7 Å². The number of rotatable bonds is 7. The molecule has 1 aromatic carbocycles. The van der Waals surface area contributed by atoms with Gasteiger partial charge in [-0.1, -0.05) is 0 Å². The molecular formula is C16H24N2O5S. The van der Waals surface area contributed by atoms with E-state index in [0.717, 1.165) is 12.0 Å². The number of nitrogens with one attached hydrogen (secondary N) is 2. The summed E-state index contributed by atoms with van der Waals surface area (Å²) in [5.74, 6) is 0.950. The molecule has 0 atom stereocenters. The molecule has 8 heteroatoms. The SMILES string of the molecule is COc1ccc(OCCNC(=O)C2(S(C)(=O)=O)CCNCC2)cc1. The van der Waals surface area contributed by atoms with Crippen LogP contribution < -0.4 is 20.1 Å². The summed E-state index contributed by atoms with van der Waals surface area (Å²) in [6.07, 6.45) is 1.71. The summed E-state index contributed by atoms with van der Waals surface area (Å²) in [5.41, 5.74) is 0. The number of sulfone groups is 1. The highest BCUT2D eigenvalue weighted by molar-refractivity contribution is 7.92. The van der Waals surface area contributed by atoms with Gasteiger partial charge in [-0.15, -0.1) is 0 Å². The van der Waals surface area contributed by atoms with E-state index in [4.69, 9.17) is 9.47 Å². The van der Waals surface area contributed by atoms with Crippen molar-refractivity contribution in [1.82, 2.24) is 10.6 Å². The minimum Gasteiger partial charge on any atom is -0.497 e. The van der Waals surface area contributed by atoms with E-state index in [9.17, 15) is 13.2 Å². The maximum absolute atomic E-state index is 12.5. The molecule has 0 spiro atoms. The molecule has 134 valence electrons. The van der Waals surface area contributed by atoms with Crippen LogP contribution in [0.25, 0.3) is 0 Å². The lowest BCUT2D eigenvalue weighted by Crippen LogP contribution is -2.57. The molecule has 0 aromatic heterocycles. The molecule has 1 amide bonds. The fourth-order valence-electron chi connectivity index (χ4n) is 2.76. The van der Waals surface area contributed by atoms with Crippen LogP contribution in [0.2, 0.25) is 0 Å². The lowest BCUT2D eigenvalue weighted by molar-refractivity contribution is -0.124. The van der Waals surface area contributed by atoms with E-state index >= 15 is 0 Å². The maximum atomic E-state index is 12.5. The summed E-state index contributed by atoms with van der Waals surface area (Å²) in [5, 5.41) is 5.78. The Morgan fingerprint density at radius 3 is 2.33 bits per heavy atom. The van der Waals surface area contributed by atoms with Gasteiger partial charge in [0.25, 0.3) is 0 Å². The van der Waals surface area contributed by atoms with E-state index in [0.29, 0.717) is 18.8 Å². The molecule has 0 aliphatic carbocycles. The highest BCUT2D eigenvalue weighted by Crippen LogP contribution is 2.27. The maximum Gasteiger partial charge on any atom is 0.241 e. The molecule has 1 aromatic rings. The Kier molecular flexibility index (Phi) is 6.06. The minimum absolute atomic E-state index is 0.246. The summed E-state index contributed by atoms with van der Waals surface area (Å²) in [6, 6.07) is 7.10. The largest absolute Gasteiger partial charge is 0.497 e.